The molecule has 0 amide bonds. The van der Waals surface area contributed by atoms with Crippen LogP contribution in [0.5, 0.6) is 0 Å². The number of nitrogens with one attached hydrogen (secondary N) is 2. The number of hydrogen-bond donors (Lipinski definition) is 2. The summed E-state index contributed by atoms with van der Waals surface area (Å²) in [5, 5.41) is 8.28. The van der Waals surface area contributed by atoms with E-state index in [2.05, 4.69) is 23.8 Å². The number of sulfone groups is 1. The molecule has 3 aromatic rings. The predicted molar refractivity (Wildman–Crippen MR) is 128 cm³/mol. The van der Waals surface area contributed by atoms with Crippen LogP contribution in [0.25, 0.3) is 11.4 Å². The van der Waals surface area contributed by atoms with E-state index in [-0.39, 0.29) is 21.5 Å². The Morgan fingerprint density at radius 2 is 1.75 bits per heavy atom. The SMILES string of the molecule is CC(C)c1cccc(-c2nc(C(=O)C(=N)CS(=O)(=O)c3ccccc3Cl)c(C(C)C)[nH]2)c1. The second-order valence-corrected chi connectivity index (χ2v) is 10.6. The minimum Gasteiger partial charge on any atom is -0.341 e. The largest absolute Gasteiger partial charge is 0.341 e. The van der Waals surface area contributed by atoms with Gasteiger partial charge in [-0.2, -0.15) is 0 Å². The van der Waals surface area contributed by atoms with Gasteiger partial charge in [0.1, 0.15) is 17.3 Å². The molecule has 0 fully saturated rings. The van der Waals surface area contributed by atoms with Gasteiger partial charge in [0, 0.05) is 11.3 Å². The van der Waals surface area contributed by atoms with Gasteiger partial charge in [-0.15, -0.1) is 0 Å². The minimum atomic E-state index is -3.95. The summed E-state index contributed by atoms with van der Waals surface area (Å²) >= 11 is 6.01. The Bertz CT molecular complexity index is 1280. The molecule has 1 aromatic heterocycles. The van der Waals surface area contributed by atoms with Gasteiger partial charge in [-0.3, -0.25) is 4.79 Å². The van der Waals surface area contributed by atoms with Gasteiger partial charge < -0.3 is 10.4 Å². The summed E-state index contributed by atoms with van der Waals surface area (Å²) in [6, 6.07) is 13.9. The molecule has 8 heteroatoms. The minimum absolute atomic E-state index is 0.0581. The van der Waals surface area contributed by atoms with Gasteiger partial charge in [-0.25, -0.2) is 13.4 Å². The number of aromatic nitrogens is 2. The van der Waals surface area contributed by atoms with E-state index in [0.717, 1.165) is 11.1 Å². The zero-order chi connectivity index (χ0) is 23.6. The molecule has 0 unspecified atom stereocenters. The number of rotatable bonds is 8. The average Bonchev–Trinajstić information content (AvgIpc) is 3.19. The molecule has 2 N–H and O–H groups in total. The van der Waals surface area contributed by atoms with Crippen LogP contribution >= 0.6 is 11.6 Å². The number of ketones is 1. The lowest BCUT2D eigenvalue weighted by Gasteiger charge is -2.08. The molecule has 0 saturated heterocycles. The highest BCUT2D eigenvalue weighted by Crippen LogP contribution is 2.27. The zero-order valence-corrected chi connectivity index (χ0v) is 20.0. The third-order valence-corrected chi connectivity index (χ3v) is 7.27. The molecular formula is C24H26ClN3O3S. The summed E-state index contributed by atoms with van der Waals surface area (Å²) in [5.74, 6) is -0.693. The van der Waals surface area contributed by atoms with Gasteiger partial charge in [-0.1, -0.05) is 69.6 Å². The quantitative estimate of drug-likeness (QED) is 0.327. The normalized spacial score (nSPS) is 11.8. The lowest BCUT2D eigenvalue weighted by atomic mass is 10.0. The number of hydrogen-bond acceptors (Lipinski definition) is 5. The first-order valence-electron chi connectivity index (χ1n) is 10.3. The van der Waals surface area contributed by atoms with E-state index >= 15 is 0 Å². The standard InChI is InChI=1S/C24H26ClN3O3S/c1-14(2)16-8-7-9-17(12-16)24-27-21(15(3)4)22(28-24)23(29)19(26)13-32(30,31)20-11-6-5-10-18(20)25/h5-12,14-15,26H,13H2,1-4H3,(H,27,28). The summed E-state index contributed by atoms with van der Waals surface area (Å²) in [7, 11) is -3.95. The number of carbonyl (C=O) groups is 1. The maximum atomic E-state index is 13.1. The van der Waals surface area contributed by atoms with Crippen molar-refractivity contribution < 1.29 is 13.2 Å². The van der Waals surface area contributed by atoms with E-state index in [4.69, 9.17) is 17.0 Å². The fraction of sp³-hybridized carbons (Fsp3) is 0.292. The topological polar surface area (TPSA) is 104 Å². The average molecular weight is 472 g/mol. The van der Waals surface area contributed by atoms with Crippen LogP contribution < -0.4 is 0 Å². The van der Waals surface area contributed by atoms with Crippen molar-refractivity contribution in [3.05, 3.63) is 70.5 Å². The van der Waals surface area contributed by atoms with Crippen molar-refractivity contribution in [1.29, 1.82) is 5.41 Å². The monoisotopic (exact) mass is 471 g/mol. The third kappa shape index (κ3) is 5.00. The lowest BCUT2D eigenvalue weighted by Crippen LogP contribution is -2.25. The highest BCUT2D eigenvalue weighted by Gasteiger charge is 2.28. The molecule has 6 nitrogen and oxygen atoms in total. The zero-order valence-electron chi connectivity index (χ0n) is 18.4. The van der Waals surface area contributed by atoms with Gasteiger partial charge >= 0.3 is 0 Å². The Morgan fingerprint density at radius 3 is 2.38 bits per heavy atom. The highest BCUT2D eigenvalue weighted by atomic mass is 35.5. The molecule has 0 spiro atoms. The summed E-state index contributed by atoms with van der Waals surface area (Å²) in [4.78, 5) is 20.7. The Morgan fingerprint density at radius 1 is 1.06 bits per heavy atom. The van der Waals surface area contributed by atoms with Gasteiger partial charge in [0.2, 0.25) is 5.78 Å². The van der Waals surface area contributed by atoms with Crippen LogP contribution in [0.15, 0.2) is 53.4 Å². The van der Waals surface area contributed by atoms with Crippen LogP contribution in [-0.2, 0) is 9.84 Å². The molecule has 0 radical (unpaired) electrons. The number of H-pyrrole nitrogens is 1. The number of halogens is 1. The van der Waals surface area contributed by atoms with E-state index in [1.165, 1.54) is 12.1 Å². The van der Waals surface area contributed by atoms with Crippen LogP contribution in [0.4, 0.5) is 0 Å². The maximum Gasteiger partial charge on any atom is 0.227 e. The molecule has 1 heterocycles. The summed E-state index contributed by atoms with van der Waals surface area (Å²) in [6.07, 6.45) is 0. The van der Waals surface area contributed by atoms with E-state index in [1.54, 1.807) is 12.1 Å². The highest BCUT2D eigenvalue weighted by molar-refractivity contribution is 7.92. The molecular weight excluding hydrogens is 446 g/mol. The number of nitrogens with zero attached hydrogens (tertiary/aromatic N) is 1. The summed E-state index contributed by atoms with van der Waals surface area (Å²) in [6.45, 7) is 8.00. The maximum absolute atomic E-state index is 13.1. The molecule has 2 aromatic carbocycles. The predicted octanol–water partition coefficient (Wildman–Crippen LogP) is 5.65. The van der Waals surface area contributed by atoms with Gasteiger partial charge in [-0.05, 0) is 35.6 Å². The molecule has 0 saturated carbocycles. The van der Waals surface area contributed by atoms with Crippen LogP contribution in [0.3, 0.4) is 0 Å². The number of aromatic amines is 1. The van der Waals surface area contributed by atoms with Gasteiger partial charge in [0.25, 0.3) is 0 Å². The Balaban J connectivity index is 1.95. The van der Waals surface area contributed by atoms with Crippen molar-refractivity contribution in [1.82, 2.24) is 9.97 Å². The molecule has 32 heavy (non-hydrogen) atoms. The molecule has 3 rings (SSSR count). The Labute approximate surface area is 193 Å². The fourth-order valence-corrected chi connectivity index (χ4v) is 5.14. The van der Waals surface area contributed by atoms with Gasteiger partial charge in [0.15, 0.2) is 9.84 Å². The Hall–Kier alpha value is -2.77. The van der Waals surface area contributed by atoms with E-state index in [1.807, 2.05) is 38.1 Å². The van der Waals surface area contributed by atoms with Crippen molar-refractivity contribution in [3.63, 3.8) is 0 Å². The molecule has 0 atom stereocenters. The van der Waals surface area contributed by atoms with E-state index < -0.39 is 27.1 Å². The first-order chi connectivity index (χ1) is 15.0. The van der Waals surface area contributed by atoms with E-state index in [0.29, 0.717) is 17.4 Å². The first-order valence-corrected chi connectivity index (χ1v) is 12.3. The van der Waals surface area contributed by atoms with Crippen molar-refractivity contribution in [2.45, 2.75) is 44.4 Å². The van der Waals surface area contributed by atoms with Gasteiger partial charge in [0.05, 0.1) is 15.6 Å². The van der Waals surface area contributed by atoms with Crippen LogP contribution in [0.2, 0.25) is 5.02 Å². The second-order valence-electron chi connectivity index (χ2n) is 8.28. The van der Waals surface area contributed by atoms with Crippen LogP contribution in [-0.4, -0.2) is 35.6 Å². The molecule has 0 aliphatic rings. The summed E-state index contributed by atoms with van der Waals surface area (Å²) in [5.41, 5.74) is 2.05. The number of imidazole rings is 1. The van der Waals surface area contributed by atoms with Crippen LogP contribution in [0.1, 0.15) is 61.3 Å². The molecule has 0 bridgehead atoms. The van der Waals surface area contributed by atoms with Crippen molar-refractivity contribution in [2.75, 3.05) is 5.75 Å². The number of carbonyl (C=O) groups excluding carboxylic acids is 1. The molecule has 0 aliphatic heterocycles. The Kier molecular flexibility index (Phi) is 7.00. The number of Topliss-reactive ketones (excluding diaryl/α,β-unsaturated/α-hetero) is 1. The lowest BCUT2D eigenvalue weighted by molar-refractivity contribution is 0.105. The van der Waals surface area contributed by atoms with Crippen molar-refractivity contribution in [2.24, 2.45) is 0 Å². The smallest absolute Gasteiger partial charge is 0.227 e. The van der Waals surface area contributed by atoms with Crippen molar-refractivity contribution >= 4 is 32.9 Å². The van der Waals surface area contributed by atoms with Crippen molar-refractivity contribution in [3.8, 4) is 11.4 Å². The third-order valence-electron chi connectivity index (χ3n) is 5.13. The summed E-state index contributed by atoms with van der Waals surface area (Å²) < 4.78 is 25.5. The van der Waals surface area contributed by atoms with E-state index in [9.17, 15) is 13.2 Å². The molecule has 168 valence electrons. The first kappa shape index (κ1) is 23.9. The van der Waals surface area contributed by atoms with Crippen LogP contribution in [0, 0.1) is 5.41 Å². The second kappa shape index (κ2) is 9.38. The fourth-order valence-electron chi connectivity index (χ4n) is 3.33. The molecule has 0 aliphatic carbocycles. The number of benzene rings is 2.